The summed E-state index contributed by atoms with van der Waals surface area (Å²) in [4.78, 5) is 0. The lowest BCUT2D eigenvalue weighted by molar-refractivity contribution is 0.351. The zero-order chi connectivity index (χ0) is 9.97. The molecule has 1 aliphatic rings. The SMILES string of the molecule is COc1ccc2c(c1)OCC=C2CN. The van der Waals surface area contributed by atoms with E-state index in [9.17, 15) is 0 Å². The van der Waals surface area contributed by atoms with E-state index in [0.717, 1.165) is 22.6 Å². The minimum Gasteiger partial charge on any atom is -0.497 e. The highest BCUT2D eigenvalue weighted by molar-refractivity contribution is 5.73. The molecule has 0 amide bonds. The molecular formula is C11H13NO2. The van der Waals surface area contributed by atoms with Crippen molar-refractivity contribution in [3.8, 4) is 11.5 Å². The Morgan fingerprint density at radius 2 is 2.36 bits per heavy atom. The van der Waals surface area contributed by atoms with Gasteiger partial charge in [0, 0.05) is 18.2 Å². The van der Waals surface area contributed by atoms with E-state index < -0.39 is 0 Å². The van der Waals surface area contributed by atoms with Crippen LogP contribution < -0.4 is 15.2 Å². The van der Waals surface area contributed by atoms with Gasteiger partial charge in [0.15, 0.2) is 0 Å². The Morgan fingerprint density at radius 1 is 1.50 bits per heavy atom. The number of benzene rings is 1. The van der Waals surface area contributed by atoms with Gasteiger partial charge in [0.2, 0.25) is 0 Å². The van der Waals surface area contributed by atoms with Crippen LogP contribution in [0, 0.1) is 0 Å². The molecule has 2 rings (SSSR count). The second kappa shape index (κ2) is 3.72. The van der Waals surface area contributed by atoms with Gasteiger partial charge in [-0.3, -0.25) is 0 Å². The van der Waals surface area contributed by atoms with Crippen molar-refractivity contribution in [2.75, 3.05) is 20.3 Å². The van der Waals surface area contributed by atoms with Crippen LogP contribution >= 0.6 is 0 Å². The standard InChI is InChI=1S/C11H13NO2/c1-13-9-2-3-10-8(7-12)4-5-14-11(10)6-9/h2-4,6H,5,7,12H2,1H3. The van der Waals surface area contributed by atoms with Gasteiger partial charge >= 0.3 is 0 Å². The molecule has 2 N–H and O–H groups in total. The molecule has 0 saturated heterocycles. The molecule has 0 fully saturated rings. The normalized spacial score (nSPS) is 14.0. The van der Waals surface area contributed by atoms with Gasteiger partial charge in [0.05, 0.1) is 7.11 Å². The predicted octanol–water partition coefficient (Wildman–Crippen LogP) is 1.43. The molecule has 0 spiro atoms. The van der Waals surface area contributed by atoms with E-state index in [4.69, 9.17) is 15.2 Å². The van der Waals surface area contributed by atoms with Crippen LogP contribution in [0.25, 0.3) is 5.57 Å². The Labute approximate surface area is 83.1 Å². The third-order valence-corrected chi connectivity index (χ3v) is 2.32. The highest BCUT2D eigenvalue weighted by Gasteiger charge is 2.12. The topological polar surface area (TPSA) is 44.5 Å². The first-order valence-electron chi connectivity index (χ1n) is 4.55. The Hall–Kier alpha value is -1.48. The molecular weight excluding hydrogens is 178 g/mol. The average molecular weight is 191 g/mol. The fourth-order valence-corrected chi connectivity index (χ4v) is 1.55. The van der Waals surface area contributed by atoms with E-state index in [1.165, 1.54) is 0 Å². The lowest BCUT2D eigenvalue weighted by Gasteiger charge is -2.18. The molecule has 1 aromatic carbocycles. The zero-order valence-electron chi connectivity index (χ0n) is 8.12. The Kier molecular flexibility index (Phi) is 2.41. The van der Waals surface area contributed by atoms with Gasteiger partial charge in [-0.2, -0.15) is 0 Å². The quantitative estimate of drug-likeness (QED) is 0.769. The number of nitrogens with two attached hydrogens (primary N) is 1. The maximum absolute atomic E-state index is 5.63. The summed E-state index contributed by atoms with van der Waals surface area (Å²) >= 11 is 0. The first-order chi connectivity index (χ1) is 6.85. The molecule has 1 aromatic rings. The highest BCUT2D eigenvalue weighted by Crippen LogP contribution is 2.32. The summed E-state index contributed by atoms with van der Waals surface area (Å²) in [6, 6.07) is 5.78. The molecule has 1 aliphatic heterocycles. The van der Waals surface area contributed by atoms with E-state index >= 15 is 0 Å². The first kappa shape index (κ1) is 9.09. The van der Waals surface area contributed by atoms with Crippen molar-refractivity contribution in [2.24, 2.45) is 5.73 Å². The van der Waals surface area contributed by atoms with Gasteiger partial charge in [0.1, 0.15) is 18.1 Å². The fraction of sp³-hybridized carbons (Fsp3) is 0.273. The van der Waals surface area contributed by atoms with Crippen LogP contribution in [-0.2, 0) is 0 Å². The summed E-state index contributed by atoms with van der Waals surface area (Å²) in [6.45, 7) is 1.13. The van der Waals surface area contributed by atoms with Crippen molar-refractivity contribution in [2.45, 2.75) is 0 Å². The number of ether oxygens (including phenoxy) is 2. The zero-order valence-corrected chi connectivity index (χ0v) is 8.12. The van der Waals surface area contributed by atoms with E-state index in [1.807, 2.05) is 24.3 Å². The number of fused-ring (bicyclic) bond motifs is 1. The monoisotopic (exact) mass is 191 g/mol. The van der Waals surface area contributed by atoms with Crippen LogP contribution in [0.1, 0.15) is 5.56 Å². The largest absolute Gasteiger partial charge is 0.497 e. The molecule has 0 atom stereocenters. The molecule has 3 heteroatoms. The van der Waals surface area contributed by atoms with Gasteiger partial charge in [-0.05, 0) is 23.8 Å². The van der Waals surface area contributed by atoms with Crippen molar-refractivity contribution in [3.63, 3.8) is 0 Å². The molecule has 3 nitrogen and oxygen atoms in total. The molecule has 74 valence electrons. The van der Waals surface area contributed by atoms with Crippen molar-refractivity contribution < 1.29 is 9.47 Å². The summed E-state index contributed by atoms with van der Waals surface area (Å²) in [5.41, 5.74) is 7.84. The molecule has 0 aromatic heterocycles. The van der Waals surface area contributed by atoms with Gasteiger partial charge in [0.25, 0.3) is 0 Å². The Bertz CT molecular complexity index is 372. The summed E-state index contributed by atoms with van der Waals surface area (Å²) in [6.07, 6.45) is 2.01. The lowest BCUT2D eigenvalue weighted by atomic mass is 10.0. The number of rotatable bonds is 2. The molecule has 0 saturated carbocycles. The van der Waals surface area contributed by atoms with Gasteiger partial charge in [-0.1, -0.05) is 0 Å². The molecule has 0 aliphatic carbocycles. The summed E-state index contributed by atoms with van der Waals surface area (Å²) < 4.78 is 10.6. The van der Waals surface area contributed by atoms with Crippen LogP contribution in [0.5, 0.6) is 11.5 Å². The summed E-state index contributed by atoms with van der Waals surface area (Å²) in [5, 5.41) is 0. The summed E-state index contributed by atoms with van der Waals surface area (Å²) in [7, 11) is 1.64. The van der Waals surface area contributed by atoms with Crippen LogP contribution in [0.2, 0.25) is 0 Å². The highest BCUT2D eigenvalue weighted by atomic mass is 16.5. The van der Waals surface area contributed by atoms with E-state index in [1.54, 1.807) is 7.11 Å². The first-order valence-corrected chi connectivity index (χ1v) is 4.55. The minimum atomic E-state index is 0.544. The molecule has 0 bridgehead atoms. The van der Waals surface area contributed by atoms with E-state index in [-0.39, 0.29) is 0 Å². The second-order valence-electron chi connectivity index (χ2n) is 3.11. The average Bonchev–Trinajstić information content (AvgIpc) is 2.27. The lowest BCUT2D eigenvalue weighted by Crippen LogP contribution is -2.10. The Morgan fingerprint density at radius 3 is 3.07 bits per heavy atom. The van der Waals surface area contributed by atoms with Crippen molar-refractivity contribution in [3.05, 3.63) is 29.8 Å². The number of methoxy groups -OCH3 is 1. The third-order valence-electron chi connectivity index (χ3n) is 2.32. The predicted molar refractivity (Wildman–Crippen MR) is 55.5 cm³/mol. The number of hydrogen-bond acceptors (Lipinski definition) is 3. The van der Waals surface area contributed by atoms with Gasteiger partial charge in [-0.15, -0.1) is 0 Å². The second-order valence-corrected chi connectivity index (χ2v) is 3.11. The van der Waals surface area contributed by atoms with E-state index in [0.29, 0.717) is 13.2 Å². The van der Waals surface area contributed by atoms with Gasteiger partial charge in [-0.25, -0.2) is 0 Å². The smallest absolute Gasteiger partial charge is 0.131 e. The summed E-state index contributed by atoms with van der Waals surface area (Å²) in [5.74, 6) is 1.66. The van der Waals surface area contributed by atoms with Crippen molar-refractivity contribution in [1.82, 2.24) is 0 Å². The molecule has 14 heavy (non-hydrogen) atoms. The van der Waals surface area contributed by atoms with Crippen LogP contribution in [0.3, 0.4) is 0 Å². The van der Waals surface area contributed by atoms with Crippen LogP contribution in [0.15, 0.2) is 24.3 Å². The van der Waals surface area contributed by atoms with Crippen molar-refractivity contribution in [1.29, 1.82) is 0 Å². The molecule has 0 radical (unpaired) electrons. The minimum absolute atomic E-state index is 0.544. The molecule has 1 heterocycles. The molecule has 0 unspecified atom stereocenters. The third kappa shape index (κ3) is 1.46. The van der Waals surface area contributed by atoms with Gasteiger partial charge < -0.3 is 15.2 Å². The van der Waals surface area contributed by atoms with Crippen molar-refractivity contribution >= 4 is 5.57 Å². The van der Waals surface area contributed by atoms with Crippen LogP contribution in [-0.4, -0.2) is 20.3 Å². The van der Waals surface area contributed by atoms with E-state index in [2.05, 4.69) is 0 Å². The fourth-order valence-electron chi connectivity index (χ4n) is 1.55. The number of hydrogen-bond donors (Lipinski definition) is 1. The maximum atomic E-state index is 5.63. The Balaban J connectivity index is 2.43. The maximum Gasteiger partial charge on any atom is 0.131 e. The van der Waals surface area contributed by atoms with Crippen LogP contribution in [0.4, 0.5) is 0 Å².